The van der Waals surface area contributed by atoms with Crippen LogP contribution < -0.4 is 0 Å². The summed E-state index contributed by atoms with van der Waals surface area (Å²) < 4.78 is 6.81. The van der Waals surface area contributed by atoms with Gasteiger partial charge < -0.3 is 9.22 Å². The highest BCUT2D eigenvalue weighted by molar-refractivity contribution is 5.69. The fourth-order valence-electron chi connectivity index (χ4n) is 4.22. The van der Waals surface area contributed by atoms with Crippen LogP contribution in [0.15, 0.2) is 0 Å². The Hall–Kier alpha value is -0.570. The normalized spacial score (nSPS) is 33.5. The minimum atomic E-state index is 0.0223. The molecule has 2 heterocycles. The lowest BCUT2D eigenvalue weighted by molar-refractivity contribution is -0.947. The third kappa shape index (κ3) is 3.97. The van der Waals surface area contributed by atoms with Crippen LogP contribution in [0.25, 0.3) is 0 Å². The smallest absolute Gasteiger partial charge is 0.305 e. The molecule has 0 amide bonds. The molecule has 2 rings (SSSR count). The first kappa shape index (κ1) is 15.8. The van der Waals surface area contributed by atoms with Gasteiger partial charge in [0, 0.05) is 18.8 Å². The fourth-order valence-corrected chi connectivity index (χ4v) is 4.22. The zero-order chi connectivity index (χ0) is 14.4. The Bertz CT molecular complexity index is 314. The summed E-state index contributed by atoms with van der Waals surface area (Å²) in [6.07, 6.45) is 10.5. The molecule has 20 heavy (non-hydrogen) atoms. The molecule has 0 unspecified atom stereocenters. The number of quaternary nitrogens is 1. The summed E-state index contributed by atoms with van der Waals surface area (Å²) in [4.78, 5) is 11.8. The van der Waals surface area contributed by atoms with E-state index in [1.807, 2.05) is 0 Å². The number of hydrogen-bond donors (Lipinski definition) is 0. The van der Waals surface area contributed by atoms with Crippen molar-refractivity contribution in [2.24, 2.45) is 5.92 Å². The molecule has 2 aliphatic rings. The van der Waals surface area contributed by atoms with Crippen molar-refractivity contribution in [1.29, 1.82) is 0 Å². The molecule has 0 aromatic rings. The Labute approximate surface area is 124 Å². The van der Waals surface area contributed by atoms with Crippen LogP contribution in [0.3, 0.4) is 0 Å². The van der Waals surface area contributed by atoms with Gasteiger partial charge in [-0.25, -0.2) is 0 Å². The van der Waals surface area contributed by atoms with E-state index in [0.29, 0.717) is 18.9 Å². The molecular formula is C17H32NO2+. The molecule has 2 saturated heterocycles. The summed E-state index contributed by atoms with van der Waals surface area (Å²) in [5.41, 5.74) is 0. The summed E-state index contributed by atoms with van der Waals surface area (Å²) in [7, 11) is 2.42. The van der Waals surface area contributed by atoms with Crippen LogP contribution in [0.2, 0.25) is 0 Å². The van der Waals surface area contributed by atoms with E-state index in [-0.39, 0.29) is 5.97 Å². The molecule has 3 atom stereocenters. The fraction of sp³-hybridized carbons (Fsp3) is 0.941. The van der Waals surface area contributed by atoms with Gasteiger partial charge in [0.2, 0.25) is 0 Å². The van der Waals surface area contributed by atoms with Crippen molar-refractivity contribution >= 4 is 5.97 Å². The monoisotopic (exact) mass is 282 g/mol. The third-order valence-electron chi connectivity index (χ3n) is 5.45. The quantitative estimate of drug-likeness (QED) is 0.423. The number of carbonyl (C=O) groups excluding carboxylic acids is 1. The summed E-state index contributed by atoms with van der Waals surface area (Å²) in [6.45, 7) is 5.48. The van der Waals surface area contributed by atoms with E-state index in [0.717, 1.165) is 25.3 Å². The number of carbonyl (C=O) groups is 1. The van der Waals surface area contributed by atoms with E-state index in [1.165, 1.54) is 49.7 Å². The maximum absolute atomic E-state index is 11.8. The van der Waals surface area contributed by atoms with Crippen LogP contribution >= 0.6 is 0 Å². The molecule has 116 valence electrons. The lowest BCUT2D eigenvalue weighted by Crippen LogP contribution is -2.61. The summed E-state index contributed by atoms with van der Waals surface area (Å²) >= 11 is 0. The van der Waals surface area contributed by atoms with E-state index in [4.69, 9.17) is 4.74 Å². The second-order valence-electron chi connectivity index (χ2n) is 7.03. The van der Waals surface area contributed by atoms with Crippen molar-refractivity contribution in [3.63, 3.8) is 0 Å². The molecule has 3 nitrogen and oxygen atoms in total. The molecule has 2 aliphatic heterocycles. The van der Waals surface area contributed by atoms with Crippen LogP contribution in [0.4, 0.5) is 0 Å². The Kier molecular flexibility index (Phi) is 5.88. The second-order valence-corrected chi connectivity index (χ2v) is 7.03. The number of hydrogen-bond acceptors (Lipinski definition) is 2. The van der Waals surface area contributed by atoms with Gasteiger partial charge >= 0.3 is 5.97 Å². The highest BCUT2D eigenvalue weighted by Gasteiger charge is 2.43. The molecule has 0 aromatic heterocycles. The molecule has 3 heteroatoms. The molecule has 0 aromatic carbocycles. The summed E-state index contributed by atoms with van der Waals surface area (Å²) in [6, 6.07) is 0.737. The first-order valence-corrected chi connectivity index (χ1v) is 8.65. The Morgan fingerprint density at radius 2 is 1.95 bits per heavy atom. The van der Waals surface area contributed by atoms with Gasteiger partial charge in [-0.3, -0.25) is 4.79 Å². The van der Waals surface area contributed by atoms with E-state index >= 15 is 0 Å². The number of esters is 1. The van der Waals surface area contributed by atoms with Gasteiger partial charge in [-0.1, -0.05) is 19.8 Å². The number of rotatable bonds is 6. The molecule has 0 bridgehead atoms. The largest absolute Gasteiger partial charge is 0.465 e. The van der Waals surface area contributed by atoms with Gasteiger partial charge in [-0.05, 0) is 32.1 Å². The van der Waals surface area contributed by atoms with E-state index in [1.54, 1.807) is 0 Å². The lowest BCUT2D eigenvalue weighted by atomic mass is 9.82. The molecule has 2 fully saturated rings. The topological polar surface area (TPSA) is 26.3 Å². The average Bonchev–Trinajstić information content (AvgIpc) is 2.44. The molecule has 0 radical (unpaired) electrons. The van der Waals surface area contributed by atoms with Crippen LogP contribution in [0.1, 0.15) is 64.7 Å². The van der Waals surface area contributed by atoms with Gasteiger partial charge in [0.05, 0.1) is 32.8 Å². The number of fused-ring (bicyclic) bond motifs is 1. The first-order chi connectivity index (χ1) is 9.65. The van der Waals surface area contributed by atoms with Crippen LogP contribution in [0, 0.1) is 5.92 Å². The number of unbranched alkanes of at least 4 members (excludes halogenated alkanes) is 2. The van der Waals surface area contributed by atoms with Crippen LogP contribution in [-0.4, -0.2) is 43.2 Å². The summed E-state index contributed by atoms with van der Waals surface area (Å²) in [5.74, 6) is 0.623. The first-order valence-electron chi connectivity index (χ1n) is 8.65. The van der Waals surface area contributed by atoms with Gasteiger partial charge in [0.15, 0.2) is 0 Å². The third-order valence-corrected chi connectivity index (χ3v) is 5.45. The average molecular weight is 282 g/mol. The van der Waals surface area contributed by atoms with E-state index in [2.05, 4.69) is 14.0 Å². The lowest BCUT2D eigenvalue weighted by Gasteiger charge is -2.51. The van der Waals surface area contributed by atoms with E-state index in [9.17, 15) is 4.79 Å². The molecular weight excluding hydrogens is 250 g/mol. The zero-order valence-corrected chi connectivity index (χ0v) is 13.4. The van der Waals surface area contributed by atoms with Gasteiger partial charge in [-0.15, -0.1) is 0 Å². The van der Waals surface area contributed by atoms with Crippen LogP contribution in [-0.2, 0) is 9.53 Å². The van der Waals surface area contributed by atoms with Crippen molar-refractivity contribution in [3.8, 4) is 0 Å². The highest BCUT2D eigenvalue weighted by atomic mass is 16.5. The maximum Gasteiger partial charge on any atom is 0.305 e. The highest BCUT2D eigenvalue weighted by Crippen LogP contribution is 2.36. The Balaban J connectivity index is 1.78. The van der Waals surface area contributed by atoms with Gasteiger partial charge in [0.25, 0.3) is 0 Å². The molecule has 0 N–H and O–H groups in total. The molecule has 0 saturated carbocycles. The minimum Gasteiger partial charge on any atom is -0.465 e. The zero-order valence-electron chi connectivity index (χ0n) is 13.4. The standard InChI is InChI=1S/C17H32NO2/c1-3-4-5-11-17(19)20-14-15-9-8-13-18(2)12-7-6-10-16(15)18/h15-16H,3-14H2,1-2H3/q+1/t15-,16+,18-/m1/s1. The van der Waals surface area contributed by atoms with Crippen molar-refractivity contribution in [2.45, 2.75) is 70.8 Å². The van der Waals surface area contributed by atoms with Crippen molar-refractivity contribution in [2.75, 3.05) is 26.7 Å². The van der Waals surface area contributed by atoms with Crippen LogP contribution in [0.5, 0.6) is 0 Å². The number of ether oxygens (including phenoxy) is 1. The Morgan fingerprint density at radius 3 is 2.75 bits per heavy atom. The minimum absolute atomic E-state index is 0.0223. The van der Waals surface area contributed by atoms with Gasteiger partial charge in [0.1, 0.15) is 0 Å². The SMILES string of the molecule is CCCCCC(=O)OC[C@H]1CCC[N@@+]2(C)CCCC[C@@H]12. The van der Waals surface area contributed by atoms with Crippen molar-refractivity contribution in [3.05, 3.63) is 0 Å². The Morgan fingerprint density at radius 1 is 1.15 bits per heavy atom. The van der Waals surface area contributed by atoms with Crippen molar-refractivity contribution < 1.29 is 14.0 Å². The molecule has 0 spiro atoms. The predicted octanol–water partition coefficient (Wildman–Crippen LogP) is 3.52. The molecule has 0 aliphatic carbocycles. The number of piperidine rings is 2. The van der Waals surface area contributed by atoms with Gasteiger partial charge in [-0.2, -0.15) is 0 Å². The van der Waals surface area contributed by atoms with Crippen molar-refractivity contribution in [1.82, 2.24) is 0 Å². The predicted molar refractivity (Wildman–Crippen MR) is 81.4 cm³/mol. The second kappa shape index (κ2) is 7.44. The summed E-state index contributed by atoms with van der Waals surface area (Å²) in [5, 5.41) is 0. The number of nitrogens with zero attached hydrogens (tertiary/aromatic N) is 1. The maximum atomic E-state index is 11.8. The van der Waals surface area contributed by atoms with E-state index < -0.39 is 0 Å².